The summed E-state index contributed by atoms with van der Waals surface area (Å²) >= 11 is 5.33. The smallest absolute Gasteiger partial charge is 0.315 e. The molecule has 0 amide bonds. The van der Waals surface area contributed by atoms with E-state index in [1.165, 1.54) is 20.1 Å². The summed E-state index contributed by atoms with van der Waals surface area (Å²) in [4.78, 5) is 25.1. The third-order valence-electron chi connectivity index (χ3n) is 4.29. The third-order valence-corrected chi connectivity index (χ3v) is 4.69. The van der Waals surface area contributed by atoms with E-state index in [4.69, 9.17) is 21.7 Å². The second-order valence-corrected chi connectivity index (χ2v) is 6.88. The van der Waals surface area contributed by atoms with Crippen LogP contribution in [0.5, 0.6) is 11.5 Å². The van der Waals surface area contributed by atoms with E-state index in [-0.39, 0.29) is 29.1 Å². The molecule has 1 aliphatic rings. The van der Waals surface area contributed by atoms with Crippen molar-refractivity contribution in [3.63, 3.8) is 0 Å². The zero-order chi connectivity index (χ0) is 20.5. The summed E-state index contributed by atoms with van der Waals surface area (Å²) in [6.07, 6.45) is -0.271. The lowest BCUT2D eigenvalue weighted by Gasteiger charge is -2.35. The number of methoxy groups -OCH3 is 1. The number of carbonyl (C=O) groups excluding carboxylic acids is 1. The minimum atomic E-state index is -0.619. The Kier molecular flexibility index (Phi) is 6.04. The Morgan fingerprint density at radius 1 is 1.41 bits per heavy atom. The van der Waals surface area contributed by atoms with Gasteiger partial charge in [-0.2, -0.15) is 0 Å². The molecule has 1 atom stereocenters. The van der Waals surface area contributed by atoms with E-state index < -0.39 is 11.0 Å². The fourth-order valence-electron chi connectivity index (χ4n) is 2.96. The van der Waals surface area contributed by atoms with E-state index in [9.17, 15) is 14.9 Å². The first-order chi connectivity index (χ1) is 12.6. The molecule has 1 aromatic rings. The molecule has 0 saturated carbocycles. The Hall–Kier alpha value is -2.68. The standard InChI is InChI=1S/C18H23N3O5S/c1-9(2)26-17-13(21(23)24)7-12(8-14(17)25-6)16-15(11(4)22)10(3)20(5)18(27)19-16/h7-9,16H,1-6H3,(H,19,27). The number of benzene rings is 1. The van der Waals surface area contributed by atoms with Crippen molar-refractivity contribution in [1.29, 1.82) is 0 Å². The Labute approximate surface area is 163 Å². The van der Waals surface area contributed by atoms with Crippen molar-refractivity contribution in [2.24, 2.45) is 0 Å². The van der Waals surface area contributed by atoms with Crippen molar-refractivity contribution in [3.05, 3.63) is 39.1 Å². The molecule has 0 spiro atoms. The van der Waals surface area contributed by atoms with Crippen molar-refractivity contribution in [3.8, 4) is 11.5 Å². The zero-order valence-corrected chi connectivity index (χ0v) is 17.0. The molecule has 1 heterocycles. The van der Waals surface area contributed by atoms with Gasteiger partial charge in [0.1, 0.15) is 0 Å². The molecule has 0 aliphatic carbocycles. The van der Waals surface area contributed by atoms with Gasteiger partial charge in [-0.15, -0.1) is 0 Å². The minimum absolute atomic E-state index is 0.0573. The Morgan fingerprint density at radius 2 is 2.04 bits per heavy atom. The summed E-state index contributed by atoms with van der Waals surface area (Å²) in [6, 6.07) is 2.40. The summed E-state index contributed by atoms with van der Waals surface area (Å²) in [5.74, 6) is 0.130. The predicted molar refractivity (Wildman–Crippen MR) is 105 cm³/mol. The fourth-order valence-corrected chi connectivity index (χ4v) is 3.21. The third kappa shape index (κ3) is 4.02. The molecule has 0 saturated heterocycles. The van der Waals surface area contributed by atoms with E-state index in [1.807, 2.05) is 0 Å². The summed E-state index contributed by atoms with van der Waals surface area (Å²) in [5, 5.41) is 15.1. The van der Waals surface area contributed by atoms with Crippen molar-refractivity contribution in [1.82, 2.24) is 10.2 Å². The number of nitro groups is 1. The van der Waals surface area contributed by atoms with Gasteiger partial charge in [0.2, 0.25) is 5.75 Å². The van der Waals surface area contributed by atoms with Gasteiger partial charge in [0.15, 0.2) is 16.6 Å². The van der Waals surface area contributed by atoms with Gasteiger partial charge >= 0.3 is 5.69 Å². The molecule has 0 radical (unpaired) electrons. The molecule has 2 rings (SSSR count). The van der Waals surface area contributed by atoms with E-state index in [2.05, 4.69) is 5.32 Å². The number of hydrogen-bond donors (Lipinski definition) is 1. The number of thiocarbonyl (C=S) groups is 1. The molecule has 0 fully saturated rings. The van der Waals surface area contributed by atoms with Crippen LogP contribution >= 0.6 is 12.2 Å². The van der Waals surface area contributed by atoms with Crippen LogP contribution in [0.15, 0.2) is 23.4 Å². The lowest BCUT2D eigenvalue weighted by atomic mass is 9.92. The van der Waals surface area contributed by atoms with E-state index in [0.29, 0.717) is 21.9 Å². The zero-order valence-electron chi connectivity index (χ0n) is 16.2. The van der Waals surface area contributed by atoms with Crippen molar-refractivity contribution < 1.29 is 19.2 Å². The highest BCUT2D eigenvalue weighted by Crippen LogP contribution is 2.42. The second-order valence-electron chi connectivity index (χ2n) is 6.49. The highest BCUT2D eigenvalue weighted by molar-refractivity contribution is 7.80. The highest BCUT2D eigenvalue weighted by Gasteiger charge is 2.33. The van der Waals surface area contributed by atoms with Gasteiger partial charge in [0.25, 0.3) is 0 Å². The number of allylic oxidation sites excluding steroid dienone is 1. The van der Waals surface area contributed by atoms with Gasteiger partial charge in [-0.25, -0.2) is 0 Å². The molecule has 8 nitrogen and oxygen atoms in total. The lowest BCUT2D eigenvalue weighted by molar-refractivity contribution is -0.386. The molecule has 146 valence electrons. The summed E-state index contributed by atoms with van der Waals surface area (Å²) < 4.78 is 10.9. The van der Waals surface area contributed by atoms with Crippen molar-refractivity contribution >= 4 is 28.8 Å². The minimum Gasteiger partial charge on any atom is -0.493 e. The number of hydrogen-bond acceptors (Lipinski definition) is 6. The number of ketones is 1. The van der Waals surface area contributed by atoms with E-state index in [1.54, 1.807) is 38.8 Å². The molecule has 1 aliphatic heterocycles. The van der Waals surface area contributed by atoms with Crippen LogP contribution < -0.4 is 14.8 Å². The van der Waals surface area contributed by atoms with Gasteiger partial charge < -0.3 is 19.7 Å². The van der Waals surface area contributed by atoms with Gasteiger partial charge in [-0.1, -0.05) is 0 Å². The lowest BCUT2D eigenvalue weighted by Crippen LogP contribution is -2.45. The topological polar surface area (TPSA) is 93.9 Å². The molecule has 9 heteroatoms. The maximum absolute atomic E-state index is 12.3. The second kappa shape index (κ2) is 7.91. The number of rotatable bonds is 6. The Bertz CT molecular complexity index is 835. The van der Waals surface area contributed by atoms with Crippen LogP contribution in [0.25, 0.3) is 0 Å². The highest BCUT2D eigenvalue weighted by atomic mass is 32.1. The van der Waals surface area contributed by atoms with Crippen LogP contribution in [0.1, 0.15) is 39.3 Å². The van der Waals surface area contributed by atoms with E-state index in [0.717, 1.165) is 0 Å². The fraction of sp³-hybridized carbons (Fsp3) is 0.444. The average Bonchev–Trinajstić information content (AvgIpc) is 2.58. The van der Waals surface area contributed by atoms with Crippen LogP contribution in [0.4, 0.5) is 5.69 Å². The first kappa shape index (κ1) is 20.6. The number of nitrogens with zero attached hydrogens (tertiary/aromatic N) is 2. The molecular weight excluding hydrogens is 370 g/mol. The van der Waals surface area contributed by atoms with Crippen LogP contribution in [-0.4, -0.2) is 41.0 Å². The van der Waals surface area contributed by atoms with Crippen LogP contribution in [0, 0.1) is 10.1 Å². The number of nitro benzene ring substituents is 1. The van der Waals surface area contributed by atoms with Gasteiger partial charge in [-0.05, 0) is 51.5 Å². The van der Waals surface area contributed by atoms with Gasteiger partial charge in [-0.3, -0.25) is 14.9 Å². The van der Waals surface area contributed by atoms with Gasteiger partial charge in [0, 0.05) is 24.4 Å². The van der Waals surface area contributed by atoms with Crippen molar-refractivity contribution in [2.45, 2.75) is 39.8 Å². The number of Topliss-reactive ketones (excluding diaryl/α,β-unsaturated/α-hetero) is 1. The normalized spacial score (nSPS) is 17.1. The molecule has 1 N–H and O–H groups in total. The largest absolute Gasteiger partial charge is 0.493 e. The van der Waals surface area contributed by atoms with Crippen LogP contribution in [0.3, 0.4) is 0 Å². The first-order valence-corrected chi connectivity index (χ1v) is 8.78. The van der Waals surface area contributed by atoms with Crippen LogP contribution in [-0.2, 0) is 4.79 Å². The maximum Gasteiger partial charge on any atom is 0.315 e. The molecule has 0 bridgehead atoms. The SMILES string of the molecule is COc1cc(C2NC(=S)N(C)C(C)=C2C(C)=O)cc([N+](=O)[O-])c1OC(C)C. The van der Waals surface area contributed by atoms with Crippen molar-refractivity contribution in [2.75, 3.05) is 14.2 Å². The Balaban J connectivity index is 2.70. The molecule has 0 aromatic heterocycles. The van der Waals surface area contributed by atoms with Crippen LogP contribution in [0.2, 0.25) is 0 Å². The average molecular weight is 393 g/mol. The first-order valence-electron chi connectivity index (χ1n) is 8.37. The summed E-state index contributed by atoms with van der Waals surface area (Å²) in [5.41, 5.74) is 1.44. The number of nitrogens with one attached hydrogen (secondary N) is 1. The Morgan fingerprint density at radius 3 is 2.52 bits per heavy atom. The molecule has 1 unspecified atom stereocenters. The predicted octanol–water partition coefficient (Wildman–Crippen LogP) is 3.11. The molecule has 27 heavy (non-hydrogen) atoms. The quantitative estimate of drug-likeness (QED) is 0.448. The number of carbonyl (C=O) groups is 1. The summed E-state index contributed by atoms with van der Waals surface area (Å²) in [7, 11) is 3.17. The molecule has 1 aromatic carbocycles. The number of ether oxygens (including phenoxy) is 2. The van der Waals surface area contributed by atoms with E-state index >= 15 is 0 Å². The van der Waals surface area contributed by atoms with Gasteiger partial charge in [0.05, 0.1) is 24.2 Å². The maximum atomic E-state index is 12.3. The molecular formula is C18H23N3O5S. The summed E-state index contributed by atoms with van der Waals surface area (Å²) in [6.45, 7) is 6.79. The monoisotopic (exact) mass is 393 g/mol.